The van der Waals surface area contributed by atoms with Crippen LogP contribution in [0, 0.1) is 6.92 Å². The third-order valence-electron chi connectivity index (χ3n) is 5.06. The fourth-order valence-electron chi connectivity index (χ4n) is 3.66. The SMILES string of the molecule is Cc1nccc(CNC(=O)C2=Nc3cc4c(cc3C2)CN=C4c2ccncc2)n1. The number of amides is 1. The Bertz CT molecular complexity index is 1180. The molecule has 0 aliphatic carbocycles. The summed E-state index contributed by atoms with van der Waals surface area (Å²) < 4.78 is 0. The number of aromatic nitrogens is 3. The van der Waals surface area contributed by atoms with E-state index < -0.39 is 0 Å². The lowest BCUT2D eigenvalue weighted by Gasteiger charge is -2.06. The molecule has 0 bridgehead atoms. The van der Waals surface area contributed by atoms with Gasteiger partial charge in [0.1, 0.15) is 11.5 Å². The molecular formula is C22H18N6O. The third-order valence-corrected chi connectivity index (χ3v) is 5.06. The Kier molecular flexibility index (Phi) is 4.20. The molecule has 7 nitrogen and oxygen atoms in total. The summed E-state index contributed by atoms with van der Waals surface area (Å²) in [5, 5.41) is 2.90. The Balaban J connectivity index is 1.35. The van der Waals surface area contributed by atoms with Crippen LogP contribution >= 0.6 is 0 Å². The molecule has 0 fully saturated rings. The number of hydrogen-bond donors (Lipinski definition) is 1. The second kappa shape index (κ2) is 7.01. The normalized spacial score (nSPS) is 14.1. The predicted molar refractivity (Wildman–Crippen MR) is 109 cm³/mol. The lowest BCUT2D eigenvalue weighted by molar-refractivity contribution is -0.115. The molecule has 2 aliphatic heterocycles. The van der Waals surface area contributed by atoms with Crippen molar-refractivity contribution in [3.63, 3.8) is 0 Å². The van der Waals surface area contributed by atoms with Gasteiger partial charge in [0.15, 0.2) is 0 Å². The summed E-state index contributed by atoms with van der Waals surface area (Å²) in [5.74, 6) is 0.518. The quantitative estimate of drug-likeness (QED) is 0.750. The zero-order chi connectivity index (χ0) is 19.8. The zero-order valence-corrected chi connectivity index (χ0v) is 15.9. The van der Waals surface area contributed by atoms with Gasteiger partial charge in [-0.05, 0) is 42.3 Å². The molecule has 2 aliphatic rings. The zero-order valence-electron chi connectivity index (χ0n) is 15.9. The molecule has 0 spiro atoms. The van der Waals surface area contributed by atoms with E-state index in [1.54, 1.807) is 24.7 Å². The molecule has 0 unspecified atom stereocenters. The highest BCUT2D eigenvalue weighted by Gasteiger charge is 2.25. The monoisotopic (exact) mass is 382 g/mol. The van der Waals surface area contributed by atoms with Gasteiger partial charge in [0, 0.05) is 36.1 Å². The van der Waals surface area contributed by atoms with Crippen molar-refractivity contribution in [3.8, 4) is 0 Å². The van der Waals surface area contributed by atoms with E-state index in [1.165, 1.54) is 5.56 Å². The van der Waals surface area contributed by atoms with Crippen LogP contribution in [0.1, 0.15) is 33.8 Å². The molecule has 5 rings (SSSR count). The van der Waals surface area contributed by atoms with Gasteiger partial charge in [-0.15, -0.1) is 0 Å². The number of nitrogens with zero attached hydrogens (tertiary/aromatic N) is 5. The molecule has 0 saturated carbocycles. The van der Waals surface area contributed by atoms with Crippen LogP contribution in [0.3, 0.4) is 0 Å². The maximum absolute atomic E-state index is 12.6. The van der Waals surface area contributed by atoms with Crippen LogP contribution in [0.15, 0.2) is 58.9 Å². The first kappa shape index (κ1) is 17.4. The molecule has 0 saturated heterocycles. The minimum atomic E-state index is -0.166. The van der Waals surface area contributed by atoms with Gasteiger partial charge in [0.25, 0.3) is 5.91 Å². The number of aliphatic imine (C=N–C) groups is 2. The van der Waals surface area contributed by atoms with Crippen molar-refractivity contribution in [2.24, 2.45) is 9.98 Å². The van der Waals surface area contributed by atoms with Crippen molar-refractivity contribution < 1.29 is 4.79 Å². The highest BCUT2D eigenvalue weighted by molar-refractivity contribution is 6.41. The van der Waals surface area contributed by atoms with Crippen LogP contribution in [0.2, 0.25) is 0 Å². The van der Waals surface area contributed by atoms with Gasteiger partial charge in [-0.3, -0.25) is 14.8 Å². The van der Waals surface area contributed by atoms with Gasteiger partial charge in [0.05, 0.1) is 30.2 Å². The standard InChI is InChI=1S/C22H18N6O/c1-13-24-7-4-17(27-13)12-26-22(29)20-9-15-8-16-11-25-21(14-2-5-23-6-3-14)18(16)10-19(15)28-20/h2-8,10H,9,11-12H2,1H3,(H,26,29). The molecule has 4 heterocycles. The van der Waals surface area contributed by atoms with Crippen molar-refractivity contribution >= 4 is 23.0 Å². The smallest absolute Gasteiger partial charge is 0.266 e. The van der Waals surface area contributed by atoms with Crippen molar-refractivity contribution in [3.05, 3.63) is 82.7 Å². The van der Waals surface area contributed by atoms with Gasteiger partial charge in [-0.2, -0.15) is 0 Å². The number of rotatable bonds is 4. The third kappa shape index (κ3) is 3.31. The topological polar surface area (TPSA) is 92.5 Å². The van der Waals surface area contributed by atoms with Gasteiger partial charge >= 0.3 is 0 Å². The average molecular weight is 382 g/mol. The number of fused-ring (bicyclic) bond motifs is 2. The lowest BCUT2D eigenvalue weighted by atomic mass is 9.97. The number of aryl methyl sites for hydroxylation is 1. The Labute approximate surface area is 167 Å². The van der Waals surface area contributed by atoms with Crippen molar-refractivity contribution in [1.29, 1.82) is 0 Å². The minimum absolute atomic E-state index is 0.166. The van der Waals surface area contributed by atoms with Gasteiger partial charge < -0.3 is 5.32 Å². The Morgan fingerprint density at radius 2 is 1.97 bits per heavy atom. The lowest BCUT2D eigenvalue weighted by Crippen LogP contribution is -2.31. The second-order valence-corrected chi connectivity index (χ2v) is 7.05. The molecule has 0 radical (unpaired) electrons. The maximum atomic E-state index is 12.6. The van der Waals surface area contributed by atoms with Crippen LogP contribution in [0.4, 0.5) is 5.69 Å². The van der Waals surface area contributed by atoms with Gasteiger partial charge in [0.2, 0.25) is 0 Å². The summed E-state index contributed by atoms with van der Waals surface area (Å²) >= 11 is 0. The fraction of sp³-hybridized carbons (Fsp3) is 0.182. The summed E-state index contributed by atoms with van der Waals surface area (Å²) in [6, 6.07) is 9.88. The first-order valence-electron chi connectivity index (χ1n) is 9.43. The fourth-order valence-corrected chi connectivity index (χ4v) is 3.66. The summed E-state index contributed by atoms with van der Waals surface area (Å²) in [4.78, 5) is 34.3. The molecule has 1 amide bonds. The summed E-state index contributed by atoms with van der Waals surface area (Å²) in [7, 11) is 0. The van der Waals surface area contributed by atoms with Crippen LogP contribution in [0.5, 0.6) is 0 Å². The molecule has 29 heavy (non-hydrogen) atoms. The number of hydrogen-bond acceptors (Lipinski definition) is 6. The molecule has 7 heteroatoms. The van der Waals surface area contributed by atoms with E-state index in [0.29, 0.717) is 31.0 Å². The van der Waals surface area contributed by atoms with E-state index in [4.69, 9.17) is 0 Å². The van der Waals surface area contributed by atoms with Crippen LogP contribution in [-0.2, 0) is 24.3 Å². The van der Waals surface area contributed by atoms with Crippen molar-refractivity contribution in [2.75, 3.05) is 0 Å². The molecule has 1 aromatic carbocycles. The Hall–Kier alpha value is -3.74. The van der Waals surface area contributed by atoms with E-state index >= 15 is 0 Å². The van der Waals surface area contributed by atoms with E-state index in [0.717, 1.165) is 33.8 Å². The highest BCUT2D eigenvalue weighted by Crippen LogP contribution is 2.34. The van der Waals surface area contributed by atoms with Crippen LogP contribution in [-0.4, -0.2) is 32.3 Å². The average Bonchev–Trinajstić information content (AvgIpc) is 3.34. The van der Waals surface area contributed by atoms with Crippen LogP contribution < -0.4 is 5.32 Å². The summed E-state index contributed by atoms with van der Waals surface area (Å²) in [6.45, 7) is 2.83. The molecule has 0 atom stereocenters. The van der Waals surface area contributed by atoms with Crippen LogP contribution in [0.25, 0.3) is 0 Å². The largest absolute Gasteiger partial charge is 0.345 e. The molecule has 1 N–H and O–H groups in total. The van der Waals surface area contributed by atoms with E-state index in [-0.39, 0.29) is 5.91 Å². The van der Waals surface area contributed by atoms with Gasteiger partial charge in [-0.25, -0.2) is 15.0 Å². The highest BCUT2D eigenvalue weighted by atomic mass is 16.1. The molecule has 3 aromatic rings. The number of carbonyl (C=O) groups excluding carboxylic acids is 1. The van der Waals surface area contributed by atoms with E-state index in [2.05, 4.69) is 36.3 Å². The molecule has 142 valence electrons. The first-order valence-corrected chi connectivity index (χ1v) is 9.43. The number of nitrogens with one attached hydrogen (secondary N) is 1. The number of benzene rings is 1. The predicted octanol–water partition coefficient (Wildman–Crippen LogP) is 2.48. The maximum Gasteiger partial charge on any atom is 0.266 e. The van der Waals surface area contributed by atoms with Gasteiger partial charge in [-0.1, -0.05) is 6.07 Å². The first-order chi connectivity index (χ1) is 14.2. The van der Waals surface area contributed by atoms with E-state index in [1.807, 2.05) is 25.1 Å². The molecular weight excluding hydrogens is 364 g/mol. The number of carbonyl (C=O) groups is 1. The summed E-state index contributed by atoms with van der Waals surface area (Å²) in [5.41, 5.74) is 7.46. The Morgan fingerprint density at radius 3 is 2.79 bits per heavy atom. The Morgan fingerprint density at radius 1 is 1.10 bits per heavy atom. The number of pyridine rings is 1. The van der Waals surface area contributed by atoms with Crippen molar-refractivity contribution in [1.82, 2.24) is 20.3 Å². The second-order valence-electron chi connectivity index (χ2n) is 7.05. The summed E-state index contributed by atoms with van der Waals surface area (Å²) in [6.07, 6.45) is 5.75. The van der Waals surface area contributed by atoms with Crippen molar-refractivity contribution in [2.45, 2.75) is 26.4 Å². The van der Waals surface area contributed by atoms with E-state index in [9.17, 15) is 4.79 Å². The minimum Gasteiger partial charge on any atom is -0.345 e. The molecule has 2 aromatic heterocycles.